The fraction of sp³-hybridized carbons (Fsp3) is 0.211. The highest BCUT2D eigenvalue weighted by Crippen LogP contribution is 2.25. The summed E-state index contributed by atoms with van der Waals surface area (Å²) in [7, 11) is 0. The molecule has 2 heterocycles. The highest BCUT2D eigenvalue weighted by molar-refractivity contribution is 7.98. The predicted octanol–water partition coefficient (Wildman–Crippen LogP) is 3.98. The molecule has 3 aromatic rings. The number of primary amides is 1. The Kier molecular flexibility index (Phi) is 6.72. The number of benzene rings is 1. The summed E-state index contributed by atoms with van der Waals surface area (Å²) in [5.41, 5.74) is 7.73. The van der Waals surface area contributed by atoms with E-state index in [0.29, 0.717) is 33.9 Å². The summed E-state index contributed by atoms with van der Waals surface area (Å²) < 4.78 is 11.2. The van der Waals surface area contributed by atoms with Gasteiger partial charge in [-0.1, -0.05) is 24.3 Å². The molecule has 0 fully saturated rings. The van der Waals surface area contributed by atoms with Crippen molar-refractivity contribution in [2.45, 2.75) is 19.3 Å². The quantitative estimate of drug-likeness (QED) is 0.515. The minimum Gasteiger partial charge on any atom is -0.484 e. The second-order valence-electron chi connectivity index (χ2n) is 5.94. The Morgan fingerprint density at radius 3 is 2.79 bits per heavy atom. The first kappa shape index (κ1) is 20.0. The summed E-state index contributed by atoms with van der Waals surface area (Å²) in [4.78, 5) is 11.3. The van der Waals surface area contributed by atoms with Crippen LogP contribution in [-0.4, -0.2) is 21.9 Å². The number of nitrogens with two attached hydrogens (primary N) is 1. The van der Waals surface area contributed by atoms with E-state index in [0.717, 1.165) is 11.4 Å². The Hall–Kier alpha value is -2.78. The van der Waals surface area contributed by atoms with Crippen molar-refractivity contribution >= 4 is 34.0 Å². The van der Waals surface area contributed by atoms with Crippen molar-refractivity contribution in [3.05, 3.63) is 70.9 Å². The molecule has 0 bridgehead atoms. The Balaban J connectivity index is 1.41. The first-order valence-electron chi connectivity index (χ1n) is 8.42. The van der Waals surface area contributed by atoms with E-state index in [1.54, 1.807) is 17.8 Å². The lowest BCUT2D eigenvalue weighted by Gasteiger charge is -2.08. The van der Waals surface area contributed by atoms with Crippen LogP contribution < -0.4 is 15.8 Å². The Labute approximate surface area is 171 Å². The summed E-state index contributed by atoms with van der Waals surface area (Å²) in [6.07, 6.45) is 0. The number of aromatic nitrogens is 2. The minimum atomic E-state index is -0.463. The molecule has 0 saturated heterocycles. The van der Waals surface area contributed by atoms with Gasteiger partial charge < -0.3 is 20.2 Å². The molecule has 0 saturated carbocycles. The number of thiophene rings is 1. The predicted molar refractivity (Wildman–Crippen MR) is 112 cm³/mol. The van der Waals surface area contributed by atoms with E-state index in [1.165, 1.54) is 16.9 Å². The summed E-state index contributed by atoms with van der Waals surface area (Å²) in [5.74, 6) is 2.41. The highest BCUT2D eigenvalue weighted by atomic mass is 32.2. The molecule has 2 aromatic heterocycles. The third kappa shape index (κ3) is 5.61. The third-order valence-electron chi connectivity index (χ3n) is 3.61. The van der Waals surface area contributed by atoms with E-state index in [-0.39, 0.29) is 6.61 Å². The van der Waals surface area contributed by atoms with Crippen molar-refractivity contribution < 1.29 is 13.9 Å². The number of nitrogens with one attached hydrogen (secondary N) is 1. The zero-order valence-electron chi connectivity index (χ0n) is 15.3. The molecule has 0 atom stereocenters. The maximum absolute atomic E-state index is 11.3. The average molecular weight is 417 g/mol. The van der Waals surface area contributed by atoms with Gasteiger partial charge in [0.2, 0.25) is 5.89 Å². The number of aryl methyl sites for hydroxylation is 1. The Morgan fingerprint density at radius 1 is 1.29 bits per heavy atom. The maximum Gasteiger partial charge on any atom is 0.253 e. The van der Waals surface area contributed by atoms with Crippen LogP contribution >= 0.6 is 23.1 Å². The van der Waals surface area contributed by atoms with E-state index >= 15 is 0 Å². The molecule has 9 heteroatoms. The van der Waals surface area contributed by atoms with E-state index in [2.05, 4.69) is 22.1 Å². The van der Waals surface area contributed by atoms with Gasteiger partial charge in [-0.2, -0.15) is 0 Å². The molecule has 1 amide bonds. The molecule has 28 heavy (non-hydrogen) atoms. The molecular weight excluding hydrogens is 396 g/mol. The van der Waals surface area contributed by atoms with Crippen molar-refractivity contribution in [2.75, 3.05) is 11.1 Å². The van der Waals surface area contributed by atoms with Crippen molar-refractivity contribution in [1.29, 1.82) is 0 Å². The van der Waals surface area contributed by atoms with Gasteiger partial charge in [-0.3, -0.25) is 4.79 Å². The minimum absolute atomic E-state index is 0.225. The number of thioether (sulfide) groups is 1. The van der Waals surface area contributed by atoms with Gasteiger partial charge in [0.25, 0.3) is 11.8 Å². The number of nitrogens with zero attached hydrogens (tertiary/aromatic N) is 2. The first-order chi connectivity index (χ1) is 13.5. The fourth-order valence-corrected chi connectivity index (χ4v) is 3.79. The van der Waals surface area contributed by atoms with E-state index in [4.69, 9.17) is 14.9 Å². The van der Waals surface area contributed by atoms with E-state index in [9.17, 15) is 4.79 Å². The monoisotopic (exact) mass is 416 g/mol. The Morgan fingerprint density at radius 2 is 2.04 bits per heavy atom. The van der Waals surface area contributed by atoms with Crippen molar-refractivity contribution in [3.8, 4) is 5.75 Å². The molecule has 146 valence electrons. The number of hydrogen-bond donors (Lipinski definition) is 2. The summed E-state index contributed by atoms with van der Waals surface area (Å²) >= 11 is 2.98. The van der Waals surface area contributed by atoms with Crippen molar-refractivity contribution in [3.63, 3.8) is 0 Å². The van der Waals surface area contributed by atoms with E-state index < -0.39 is 5.91 Å². The maximum atomic E-state index is 11.3. The zero-order chi connectivity index (χ0) is 19.9. The van der Waals surface area contributed by atoms with Crippen molar-refractivity contribution in [2.24, 2.45) is 5.73 Å². The van der Waals surface area contributed by atoms with Gasteiger partial charge in [0.15, 0.2) is 6.61 Å². The van der Waals surface area contributed by atoms with Crippen LogP contribution in [0.5, 0.6) is 5.75 Å². The van der Waals surface area contributed by atoms with Crippen LogP contribution in [0.2, 0.25) is 0 Å². The summed E-state index contributed by atoms with van der Waals surface area (Å²) in [6, 6.07) is 9.45. The van der Waals surface area contributed by atoms with Gasteiger partial charge in [0.1, 0.15) is 10.8 Å². The summed E-state index contributed by atoms with van der Waals surface area (Å²) in [6.45, 7) is 6.22. The van der Waals surface area contributed by atoms with Crippen LogP contribution in [-0.2, 0) is 12.4 Å². The molecule has 0 aliphatic heterocycles. The van der Waals surface area contributed by atoms with Gasteiger partial charge in [0.05, 0.1) is 11.3 Å². The molecule has 0 aliphatic carbocycles. The molecular formula is C19H20N4O3S2. The van der Waals surface area contributed by atoms with Gasteiger partial charge >= 0.3 is 0 Å². The zero-order valence-corrected chi connectivity index (χ0v) is 16.9. The molecule has 3 N–H and O–H groups in total. The van der Waals surface area contributed by atoms with Crippen LogP contribution in [0.4, 0.5) is 5.00 Å². The fourth-order valence-electron chi connectivity index (χ4n) is 2.24. The third-order valence-corrected chi connectivity index (χ3v) is 5.45. The first-order valence-corrected chi connectivity index (χ1v) is 10.5. The number of rotatable bonds is 10. The second-order valence-corrected chi connectivity index (χ2v) is 7.84. The van der Waals surface area contributed by atoms with Gasteiger partial charge in [-0.15, -0.1) is 33.3 Å². The lowest BCUT2D eigenvalue weighted by atomic mass is 10.2. The molecule has 0 spiro atoms. The van der Waals surface area contributed by atoms with E-state index in [1.807, 2.05) is 36.6 Å². The number of ether oxygens (including phenoxy) is 1. The van der Waals surface area contributed by atoms with Crippen LogP contribution in [0.3, 0.4) is 0 Å². The number of amides is 1. The van der Waals surface area contributed by atoms with Crippen LogP contribution in [0, 0.1) is 6.92 Å². The normalized spacial score (nSPS) is 10.6. The van der Waals surface area contributed by atoms with Gasteiger partial charge in [0, 0.05) is 11.4 Å². The molecule has 0 unspecified atom stereocenters. The molecule has 1 aromatic carbocycles. The molecule has 0 aliphatic rings. The Bertz CT molecular complexity index is 950. The SMILES string of the molecule is C=C(CSCc1nnc(COc2ccc(C)cc2)o1)Nc1sccc1C(N)=O. The van der Waals surface area contributed by atoms with Crippen molar-refractivity contribution in [1.82, 2.24) is 10.2 Å². The topological polar surface area (TPSA) is 103 Å². The lowest BCUT2D eigenvalue weighted by molar-refractivity contribution is 0.100. The lowest BCUT2D eigenvalue weighted by Crippen LogP contribution is -2.12. The number of hydrogen-bond acceptors (Lipinski definition) is 8. The van der Waals surface area contributed by atoms with Gasteiger partial charge in [-0.25, -0.2) is 0 Å². The molecule has 3 rings (SSSR count). The number of carbonyl (C=O) groups excluding carboxylic acids is 1. The largest absolute Gasteiger partial charge is 0.484 e. The smallest absolute Gasteiger partial charge is 0.253 e. The second kappa shape index (κ2) is 9.43. The average Bonchev–Trinajstić information content (AvgIpc) is 3.31. The molecule has 7 nitrogen and oxygen atoms in total. The van der Waals surface area contributed by atoms with Crippen LogP contribution in [0.15, 0.2) is 52.4 Å². The highest BCUT2D eigenvalue weighted by Gasteiger charge is 2.11. The number of anilines is 1. The standard InChI is InChI=1S/C19H20N4O3S2/c1-12-3-5-14(6-4-12)25-9-16-22-23-17(26-16)11-27-10-13(2)21-19-15(18(20)24)7-8-28-19/h3-8,21H,2,9-11H2,1H3,(H2,20,24). The van der Waals surface area contributed by atoms with Gasteiger partial charge in [-0.05, 0) is 30.5 Å². The van der Waals surface area contributed by atoms with Crippen LogP contribution in [0.25, 0.3) is 0 Å². The number of carbonyl (C=O) groups is 1. The molecule has 0 radical (unpaired) electrons. The van der Waals surface area contributed by atoms with Crippen LogP contribution in [0.1, 0.15) is 27.7 Å². The summed E-state index contributed by atoms with van der Waals surface area (Å²) in [5, 5.41) is 13.7.